The molecule has 11 unspecified atom stereocenters. The fourth-order valence-electron chi connectivity index (χ4n) is 5.76. The van der Waals surface area contributed by atoms with E-state index >= 15 is 0 Å². The number of aliphatic hydroxyl groups is 7. The first-order valence-electron chi connectivity index (χ1n) is 18.9. The molecule has 298 valence electrons. The first-order chi connectivity index (χ1) is 24.6. The van der Waals surface area contributed by atoms with Gasteiger partial charge in [-0.15, -0.1) is 0 Å². The molecule has 51 heavy (non-hydrogen) atoms. The van der Waals surface area contributed by atoms with Gasteiger partial charge in [0.2, 0.25) is 0 Å². The molecule has 0 aromatic heterocycles. The van der Waals surface area contributed by atoms with Crippen molar-refractivity contribution in [3.63, 3.8) is 0 Å². The van der Waals surface area contributed by atoms with E-state index < -0.39 is 86.7 Å². The summed E-state index contributed by atoms with van der Waals surface area (Å²) in [7, 11) is 0. The number of rotatable bonds is 27. The molecule has 0 radical (unpaired) electrons. The highest BCUT2D eigenvalue weighted by Gasteiger charge is 2.47. The quantitative estimate of drug-likeness (QED) is 0.0366. The van der Waals surface area contributed by atoms with Crippen LogP contribution in [0.25, 0.3) is 0 Å². The fourth-order valence-corrected chi connectivity index (χ4v) is 5.76. The van der Waals surface area contributed by atoms with E-state index in [0.29, 0.717) is 6.61 Å². The average molecular weight is 735 g/mol. The number of aliphatic hydroxyl groups excluding tert-OH is 7. The Hall–Kier alpha value is -1.53. The van der Waals surface area contributed by atoms with Gasteiger partial charge in [-0.2, -0.15) is 0 Å². The van der Waals surface area contributed by atoms with E-state index in [2.05, 4.69) is 31.2 Å². The Labute approximate surface area is 303 Å². The molecule has 2 heterocycles. The van der Waals surface area contributed by atoms with Crippen molar-refractivity contribution in [3.05, 3.63) is 24.3 Å². The molecule has 0 aliphatic carbocycles. The number of esters is 1. The molecular weight excluding hydrogens is 668 g/mol. The van der Waals surface area contributed by atoms with Gasteiger partial charge in [0.05, 0.1) is 26.4 Å². The van der Waals surface area contributed by atoms with Gasteiger partial charge in [0.1, 0.15) is 54.9 Å². The van der Waals surface area contributed by atoms with Crippen molar-refractivity contribution < 1.29 is 69.0 Å². The third-order valence-corrected chi connectivity index (χ3v) is 9.02. The molecule has 2 fully saturated rings. The average Bonchev–Trinajstić information content (AvgIpc) is 3.13. The maximum Gasteiger partial charge on any atom is 0.305 e. The van der Waals surface area contributed by atoms with Crippen LogP contribution in [0.5, 0.6) is 0 Å². The molecule has 2 aliphatic heterocycles. The molecule has 0 amide bonds. The molecule has 14 heteroatoms. The van der Waals surface area contributed by atoms with E-state index in [-0.39, 0.29) is 19.6 Å². The first kappa shape index (κ1) is 45.6. The first-order valence-corrected chi connectivity index (χ1v) is 18.9. The lowest BCUT2D eigenvalue weighted by molar-refractivity contribution is -0.332. The molecule has 0 spiro atoms. The smallest absolute Gasteiger partial charge is 0.305 e. The van der Waals surface area contributed by atoms with E-state index in [1.807, 2.05) is 0 Å². The minimum Gasteiger partial charge on any atom is -0.457 e. The molecule has 2 aliphatic rings. The number of hydrogen-bond donors (Lipinski definition) is 7. The monoisotopic (exact) mass is 734 g/mol. The molecule has 0 aromatic rings. The number of ether oxygens (including phenoxy) is 6. The zero-order valence-corrected chi connectivity index (χ0v) is 30.6. The third kappa shape index (κ3) is 17.4. The van der Waals surface area contributed by atoms with Crippen LogP contribution in [-0.2, 0) is 33.2 Å². The van der Waals surface area contributed by atoms with Crippen LogP contribution >= 0.6 is 0 Å². The van der Waals surface area contributed by atoms with Gasteiger partial charge < -0.3 is 64.2 Å². The SMILES string of the molecule is CCCCCC/C=C\C/C=C\CCCCCCCCOCC(COC1OC(COC2OC(CO)C(O)C(O)C2O)C(O)C(O)C1O)OC(=O)CC. The highest BCUT2D eigenvalue weighted by Crippen LogP contribution is 2.26. The highest BCUT2D eigenvalue weighted by molar-refractivity contribution is 5.69. The zero-order valence-electron chi connectivity index (χ0n) is 30.6. The number of unbranched alkanes of at least 4 members (excludes halogenated alkanes) is 10. The Bertz CT molecular complexity index is 948. The maximum absolute atomic E-state index is 12.0. The van der Waals surface area contributed by atoms with Crippen molar-refractivity contribution in [2.24, 2.45) is 0 Å². The predicted molar refractivity (Wildman–Crippen MR) is 187 cm³/mol. The van der Waals surface area contributed by atoms with Crippen LogP contribution in [0.1, 0.15) is 104 Å². The predicted octanol–water partition coefficient (Wildman–Crippen LogP) is 2.17. The molecule has 0 aromatic carbocycles. The largest absolute Gasteiger partial charge is 0.457 e. The van der Waals surface area contributed by atoms with Gasteiger partial charge in [-0.05, 0) is 38.5 Å². The summed E-state index contributed by atoms with van der Waals surface area (Å²) < 4.78 is 33.3. The number of hydrogen-bond acceptors (Lipinski definition) is 14. The molecule has 0 saturated carbocycles. The summed E-state index contributed by atoms with van der Waals surface area (Å²) in [6.45, 7) is 3.02. The van der Waals surface area contributed by atoms with Gasteiger partial charge in [-0.25, -0.2) is 0 Å². The summed E-state index contributed by atoms with van der Waals surface area (Å²) in [4.78, 5) is 12.0. The minimum absolute atomic E-state index is 0.0454. The van der Waals surface area contributed by atoms with Crippen molar-refractivity contribution >= 4 is 5.97 Å². The van der Waals surface area contributed by atoms with Crippen LogP contribution in [0.2, 0.25) is 0 Å². The summed E-state index contributed by atoms with van der Waals surface area (Å²) in [5, 5.41) is 70.9. The lowest BCUT2D eigenvalue weighted by Crippen LogP contribution is -2.61. The second-order valence-corrected chi connectivity index (χ2v) is 13.4. The molecular formula is C37H66O14. The van der Waals surface area contributed by atoms with E-state index in [0.717, 1.165) is 38.5 Å². The topological polar surface area (TPSA) is 214 Å². The number of carbonyl (C=O) groups excluding carboxylic acids is 1. The molecule has 7 N–H and O–H groups in total. The van der Waals surface area contributed by atoms with Crippen LogP contribution in [0.15, 0.2) is 24.3 Å². The van der Waals surface area contributed by atoms with Gasteiger partial charge >= 0.3 is 5.97 Å². The Morgan fingerprint density at radius 3 is 1.80 bits per heavy atom. The lowest BCUT2D eigenvalue weighted by atomic mass is 9.98. The Balaban J connectivity index is 1.67. The second kappa shape index (κ2) is 27.1. The van der Waals surface area contributed by atoms with Crippen LogP contribution in [0.3, 0.4) is 0 Å². The van der Waals surface area contributed by atoms with Gasteiger partial charge in [0.15, 0.2) is 12.6 Å². The van der Waals surface area contributed by atoms with Gasteiger partial charge in [0.25, 0.3) is 0 Å². The standard InChI is InChI=1S/C37H66O14/c1-3-5-6-7-8-9-10-11-12-13-14-15-16-17-18-19-20-21-46-23-26(49-29(39)4-2)24-47-36-35(45)33(43)31(41)28(51-36)25-48-37-34(44)32(42)30(40)27(22-38)50-37/h9-10,12-13,26-28,30-38,40-45H,3-8,11,14-25H2,1-2H3/b10-9-,13-12-. The normalized spacial score (nSPS) is 30.7. The van der Waals surface area contributed by atoms with Gasteiger partial charge in [-0.3, -0.25) is 4.79 Å². The Kier molecular flexibility index (Phi) is 24.3. The summed E-state index contributed by atoms with van der Waals surface area (Å²) >= 11 is 0. The van der Waals surface area contributed by atoms with Crippen molar-refractivity contribution in [1.29, 1.82) is 0 Å². The number of carbonyl (C=O) groups is 1. The van der Waals surface area contributed by atoms with Crippen molar-refractivity contribution in [1.82, 2.24) is 0 Å². The lowest BCUT2D eigenvalue weighted by Gasteiger charge is -2.42. The van der Waals surface area contributed by atoms with Crippen LogP contribution in [0.4, 0.5) is 0 Å². The molecule has 11 atom stereocenters. The number of allylic oxidation sites excluding steroid dienone is 4. The second-order valence-electron chi connectivity index (χ2n) is 13.4. The van der Waals surface area contributed by atoms with E-state index in [4.69, 9.17) is 28.4 Å². The highest BCUT2D eigenvalue weighted by atomic mass is 16.7. The minimum atomic E-state index is -1.70. The van der Waals surface area contributed by atoms with Crippen molar-refractivity contribution in [2.75, 3.05) is 33.0 Å². The molecule has 2 saturated heterocycles. The maximum atomic E-state index is 12.0. The summed E-state index contributed by atoms with van der Waals surface area (Å²) in [5.41, 5.74) is 0. The van der Waals surface area contributed by atoms with E-state index in [9.17, 15) is 40.5 Å². The summed E-state index contributed by atoms with van der Waals surface area (Å²) in [6, 6.07) is 0. The third-order valence-electron chi connectivity index (χ3n) is 9.02. The Morgan fingerprint density at radius 1 is 0.647 bits per heavy atom. The zero-order chi connectivity index (χ0) is 37.4. The summed E-state index contributed by atoms with van der Waals surface area (Å²) in [6.07, 6.45) is 8.05. The molecule has 2 rings (SSSR count). The van der Waals surface area contributed by atoms with Crippen molar-refractivity contribution in [2.45, 2.75) is 171 Å². The van der Waals surface area contributed by atoms with E-state index in [1.165, 1.54) is 44.9 Å². The Morgan fingerprint density at radius 2 is 1.20 bits per heavy atom. The van der Waals surface area contributed by atoms with Gasteiger partial charge in [0, 0.05) is 13.0 Å². The summed E-state index contributed by atoms with van der Waals surface area (Å²) in [5.74, 6) is -0.470. The van der Waals surface area contributed by atoms with E-state index in [1.54, 1.807) is 6.92 Å². The van der Waals surface area contributed by atoms with Crippen LogP contribution in [0, 0.1) is 0 Å². The van der Waals surface area contributed by atoms with Gasteiger partial charge in [-0.1, -0.05) is 83.1 Å². The molecule has 0 bridgehead atoms. The van der Waals surface area contributed by atoms with Crippen molar-refractivity contribution in [3.8, 4) is 0 Å². The van der Waals surface area contributed by atoms with Crippen LogP contribution in [-0.4, -0.2) is 142 Å². The molecule has 14 nitrogen and oxygen atoms in total. The fraction of sp³-hybridized carbons (Fsp3) is 0.865. The van der Waals surface area contributed by atoms with Crippen LogP contribution < -0.4 is 0 Å².